The molecular weight excluding hydrogens is 412 g/mol. The molecule has 0 aliphatic carbocycles. The Hall–Kier alpha value is -4.45. The van der Waals surface area contributed by atoms with Crippen LogP contribution >= 0.6 is 0 Å². The van der Waals surface area contributed by atoms with Crippen LogP contribution in [-0.4, -0.2) is 22.1 Å². The van der Waals surface area contributed by atoms with E-state index in [1.165, 1.54) is 0 Å². The zero-order valence-electron chi connectivity index (χ0n) is 17.8. The molecule has 1 heterocycles. The van der Waals surface area contributed by atoms with Crippen LogP contribution in [0.5, 0.6) is 5.88 Å². The predicted octanol–water partition coefficient (Wildman–Crippen LogP) is 6.27. The minimum Gasteiger partial charge on any atom is -0.493 e. The van der Waals surface area contributed by atoms with Gasteiger partial charge in [-0.25, -0.2) is 0 Å². The quantitative estimate of drug-likeness (QED) is 0.309. The number of hydrogen-bond acceptors (Lipinski definition) is 4. The third kappa shape index (κ3) is 4.32. The average molecular weight is 434 g/mol. The van der Waals surface area contributed by atoms with Crippen LogP contribution in [0, 0.1) is 0 Å². The number of benzene rings is 4. The third-order valence-corrected chi connectivity index (χ3v) is 5.56. The van der Waals surface area contributed by atoms with E-state index in [4.69, 9.17) is 0 Å². The molecular formula is C27H22N4O2. The minimum absolute atomic E-state index is 0.00522. The largest absolute Gasteiger partial charge is 0.493 e. The van der Waals surface area contributed by atoms with Gasteiger partial charge in [0.1, 0.15) is 0 Å². The number of anilines is 1. The summed E-state index contributed by atoms with van der Waals surface area (Å²) in [5.74, 6) is -0.443. The molecule has 5 rings (SSSR count). The smallest absolute Gasteiger partial charge is 0.283 e. The summed E-state index contributed by atoms with van der Waals surface area (Å²) in [6.07, 6.45) is 0. The molecule has 162 valence electrons. The van der Waals surface area contributed by atoms with E-state index < -0.39 is 5.91 Å². The fraction of sp³-hybridized carbons (Fsp3) is 0.0741. The first kappa shape index (κ1) is 20.5. The number of nitrogens with zero attached hydrogens (tertiary/aromatic N) is 3. The number of carbonyl (C=O) groups is 1. The highest BCUT2D eigenvalue weighted by molar-refractivity contribution is 5.95. The van der Waals surface area contributed by atoms with Gasteiger partial charge >= 0.3 is 0 Å². The monoisotopic (exact) mass is 434 g/mol. The molecule has 5 aromatic rings. The summed E-state index contributed by atoms with van der Waals surface area (Å²) in [4.78, 5) is 12.4. The van der Waals surface area contributed by atoms with Gasteiger partial charge in [0, 0.05) is 11.1 Å². The van der Waals surface area contributed by atoms with Crippen molar-refractivity contribution in [2.45, 2.75) is 6.54 Å². The highest BCUT2D eigenvalue weighted by Gasteiger charge is 2.17. The van der Waals surface area contributed by atoms with Crippen LogP contribution in [0.4, 0.5) is 11.4 Å². The van der Waals surface area contributed by atoms with Gasteiger partial charge in [-0.05, 0) is 34.5 Å². The van der Waals surface area contributed by atoms with Gasteiger partial charge in [-0.1, -0.05) is 78.9 Å². The van der Waals surface area contributed by atoms with Gasteiger partial charge in [0.05, 0.1) is 18.6 Å². The number of nitrogens with one attached hydrogen (secondary N) is 1. The normalized spacial score (nSPS) is 11.4. The number of carbonyl (C=O) groups excluding carboxylic acids is 1. The maximum Gasteiger partial charge on any atom is 0.283 e. The first-order valence-electron chi connectivity index (χ1n) is 10.7. The van der Waals surface area contributed by atoms with Crippen LogP contribution in [0.3, 0.4) is 0 Å². The summed E-state index contributed by atoms with van der Waals surface area (Å²) >= 11 is 0. The minimum atomic E-state index is -0.428. The molecule has 6 nitrogen and oxygen atoms in total. The van der Waals surface area contributed by atoms with E-state index in [-0.39, 0.29) is 12.4 Å². The molecule has 0 saturated heterocycles. The van der Waals surface area contributed by atoms with E-state index in [0.29, 0.717) is 12.2 Å². The van der Waals surface area contributed by atoms with Gasteiger partial charge in [0.25, 0.3) is 5.91 Å². The molecule has 0 radical (unpaired) electrons. The van der Waals surface area contributed by atoms with Crippen LogP contribution in [-0.2, 0) is 11.3 Å². The second-order valence-electron chi connectivity index (χ2n) is 7.77. The Labute approximate surface area is 190 Å². The maximum atomic E-state index is 12.4. The van der Waals surface area contributed by atoms with Gasteiger partial charge in [0.15, 0.2) is 5.69 Å². The molecule has 0 saturated carbocycles. The van der Waals surface area contributed by atoms with E-state index in [9.17, 15) is 9.90 Å². The number of amides is 1. The van der Waals surface area contributed by atoms with E-state index in [1.54, 1.807) is 4.57 Å². The Morgan fingerprint density at radius 3 is 2.42 bits per heavy atom. The number of aromatic nitrogens is 1. The molecule has 1 amide bonds. The second-order valence-corrected chi connectivity index (χ2v) is 7.77. The molecule has 0 atom stereocenters. The molecule has 0 spiro atoms. The zero-order chi connectivity index (χ0) is 22.6. The molecule has 33 heavy (non-hydrogen) atoms. The van der Waals surface area contributed by atoms with Gasteiger partial charge < -0.3 is 15.0 Å². The van der Waals surface area contributed by atoms with Crippen molar-refractivity contribution in [2.24, 2.45) is 10.2 Å². The Balaban J connectivity index is 1.35. The number of hydrogen-bond donors (Lipinski definition) is 2. The van der Waals surface area contributed by atoms with E-state index in [0.717, 1.165) is 32.9 Å². The van der Waals surface area contributed by atoms with Crippen LogP contribution in [0.2, 0.25) is 0 Å². The van der Waals surface area contributed by atoms with Crippen LogP contribution in [0.1, 0.15) is 5.56 Å². The Bertz CT molecular complexity index is 1470. The van der Waals surface area contributed by atoms with Crippen molar-refractivity contribution >= 4 is 39.0 Å². The fourth-order valence-electron chi connectivity index (χ4n) is 3.91. The van der Waals surface area contributed by atoms with Crippen molar-refractivity contribution in [3.63, 3.8) is 0 Å². The lowest BCUT2D eigenvalue weighted by molar-refractivity contribution is -0.116. The first-order chi connectivity index (χ1) is 16.2. The molecule has 1 aromatic heterocycles. The summed E-state index contributed by atoms with van der Waals surface area (Å²) in [5, 5.41) is 24.9. The summed E-state index contributed by atoms with van der Waals surface area (Å²) in [5.41, 5.74) is 3.00. The van der Waals surface area contributed by atoms with Crippen LogP contribution in [0.15, 0.2) is 107 Å². The highest BCUT2D eigenvalue weighted by atomic mass is 16.3. The number of aromatic hydroxyl groups is 1. The van der Waals surface area contributed by atoms with Crippen molar-refractivity contribution in [3.05, 3.63) is 103 Å². The summed E-state index contributed by atoms with van der Waals surface area (Å²) < 4.78 is 1.77. The molecule has 0 aliphatic rings. The molecule has 0 unspecified atom stereocenters. The SMILES string of the molecule is O=C(CNc1ccc2ccccc2c1)N=Nc1c(O)n(Cc2ccccc2)c2ccccc12. The van der Waals surface area contributed by atoms with Crippen molar-refractivity contribution in [1.82, 2.24) is 4.57 Å². The van der Waals surface area contributed by atoms with Gasteiger partial charge in [0.2, 0.25) is 5.88 Å². The van der Waals surface area contributed by atoms with Gasteiger partial charge in [-0.15, -0.1) is 10.2 Å². The highest BCUT2D eigenvalue weighted by Crippen LogP contribution is 2.39. The lowest BCUT2D eigenvalue weighted by Crippen LogP contribution is -2.10. The molecule has 0 fully saturated rings. The van der Waals surface area contributed by atoms with Gasteiger partial charge in [-0.3, -0.25) is 4.79 Å². The second kappa shape index (κ2) is 8.96. The first-order valence-corrected chi connectivity index (χ1v) is 10.7. The van der Waals surface area contributed by atoms with E-state index in [2.05, 4.69) is 15.5 Å². The molecule has 6 heteroatoms. The van der Waals surface area contributed by atoms with Crippen molar-refractivity contribution in [3.8, 4) is 5.88 Å². The Morgan fingerprint density at radius 2 is 1.58 bits per heavy atom. The van der Waals surface area contributed by atoms with Crippen molar-refractivity contribution < 1.29 is 9.90 Å². The van der Waals surface area contributed by atoms with Gasteiger partial charge in [-0.2, -0.15) is 0 Å². The van der Waals surface area contributed by atoms with Crippen LogP contribution < -0.4 is 5.32 Å². The lowest BCUT2D eigenvalue weighted by Gasteiger charge is -2.07. The summed E-state index contributed by atoms with van der Waals surface area (Å²) in [6.45, 7) is 0.491. The predicted molar refractivity (Wildman–Crippen MR) is 131 cm³/mol. The molecule has 4 aromatic carbocycles. The molecule has 0 bridgehead atoms. The average Bonchev–Trinajstić information content (AvgIpc) is 3.12. The zero-order valence-corrected chi connectivity index (χ0v) is 17.8. The summed E-state index contributed by atoms with van der Waals surface area (Å²) in [7, 11) is 0. The number of rotatable bonds is 6. The standard InChI is InChI=1S/C27H22N4O2/c32-25(17-28-22-15-14-20-10-4-5-11-21(20)16-22)29-30-26-23-12-6-7-13-24(23)31(27(26)33)18-19-8-2-1-3-9-19/h1-16,28,33H,17-18H2. The third-order valence-electron chi connectivity index (χ3n) is 5.56. The lowest BCUT2D eigenvalue weighted by atomic mass is 10.1. The van der Waals surface area contributed by atoms with Crippen molar-refractivity contribution in [1.29, 1.82) is 0 Å². The van der Waals surface area contributed by atoms with E-state index >= 15 is 0 Å². The van der Waals surface area contributed by atoms with Crippen LogP contribution in [0.25, 0.3) is 21.7 Å². The maximum absolute atomic E-state index is 12.4. The fourth-order valence-corrected chi connectivity index (χ4v) is 3.91. The summed E-state index contributed by atoms with van der Waals surface area (Å²) in [6, 6.07) is 31.4. The topological polar surface area (TPSA) is 79.0 Å². The Kier molecular flexibility index (Phi) is 5.55. The molecule has 2 N–H and O–H groups in total. The molecule has 0 aliphatic heterocycles. The van der Waals surface area contributed by atoms with Crippen molar-refractivity contribution in [2.75, 3.05) is 11.9 Å². The van der Waals surface area contributed by atoms with E-state index in [1.807, 2.05) is 97.1 Å². The number of azo groups is 1. The Morgan fingerprint density at radius 1 is 0.848 bits per heavy atom. The number of para-hydroxylation sites is 1. The number of fused-ring (bicyclic) bond motifs is 2.